The van der Waals surface area contributed by atoms with Crippen LogP contribution in [0, 0.1) is 0 Å². The summed E-state index contributed by atoms with van der Waals surface area (Å²) in [4.78, 5) is 3.14. The Morgan fingerprint density at radius 2 is 2.17 bits per heavy atom. The highest BCUT2D eigenvalue weighted by molar-refractivity contribution is 7.80. The smallest absolute Gasteiger partial charge is 0.0771 e. The minimum absolute atomic E-state index is 0.568. The molecule has 0 amide bonds. The number of thiocarbonyl (C=S) groups is 1. The third kappa shape index (κ3) is 3.79. The first-order valence-electron chi connectivity index (χ1n) is 6.75. The molecule has 1 unspecified atom stereocenters. The minimum Gasteiger partial charge on any atom is -0.393 e. The molecule has 2 rings (SSSR count). The fourth-order valence-electron chi connectivity index (χ4n) is 2.67. The molecular weight excluding hydrogens is 240 g/mol. The van der Waals surface area contributed by atoms with Crippen molar-refractivity contribution in [2.45, 2.75) is 45.2 Å². The molecule has 0 spiro atoms. The average Bonchev–Trinajstić information content (AvgIpc) is 2.32. The molecule has 98 valence electrons. The van der Waals surface area contributed by atoms with Crippen molar-refractivity contribution >= 4 is 17.2 Å². The van der Waals surface area contributed by atoms with Gasteiger partial charge in [-0.15, -0.1) is 0 Å². The number of benzene rings is 1. The van der Waals surface area contributed by atoms with Crippen LogP contribution in [0.5, 0.6) is 0 Å². The number of rotatable bonds is 4. The predicted molar refractivity (Wildman–Crippen MR) is 80.7 cm³/mol. The van der Waals surface area contributed by atoms with Crippen molar-refractivity contribution in [1.29, 1.82) is 0 Å². The number of nitrogens with zero attached hydrogens (tertiary/aromatic N) is 1. The molecule has 18 heavy (non-hydrogen) atoms. The molecule has 0 saturated carbocycles. The van der Waals surface area contributed by atoms with Gasteiger partial charge in [0.25, 0.3) is 0 Å². The summed E-state index contributed by atoms with van der Waals surface area (Å²) in [6.45, 7) is 4.60. The van der Waals surface area contributed by atoms with E-state index in [0.717, 1.165) is 6.54 Å². The lowest BCUT2D eigenvalue weighted by Crippen LogP contribution is -2.36. The number of likely N-dealkylation sites (tertiary alicyclic amines) is 1. The van der Waals surface area contributed by atoms with Crippen molar-refractivity contribution < 1.29 is 0 Å². The van der Waals surface area contributed by atoms with Gasteiger partial charge in [0.1, 0.15) is 0 Å². The van der Waals surface area contributed by atoms with Crippen LogP contribution in [0.1, 0.15) is 37.3 Å². The standard InChI is InChI=1S/C15H22N2S/c1-12-5-2-3-8-17(12)11-14-7-4-6-13(9-14)10-15(16)18/h4,6-7,9,12H,2-3,5,8,10-11H2,1H3,(H2,16,18). The number of hydrogen-bond donors (Lipinski definition) is 1. The molecule has 1 aliphatic heterocycles. The molecule has 1 aliphatic rings. The maximum Gasteiger partial charge on any atom is 0.0771 e. The van der Waals surface area contributed by atoms with Crippen molar-refractivity contribution in [2.24, 2.45) is 5.73 Å². The molecule has 0 aromatic heterocycles. The second-order valence-corrected chi connectivity index (χ2v) is 5.80. The van der Waals surface area contributed by atoms with Crippen LogP contribution in [0.4, 0.5) is 0 Å². The molecule has 0 aliphatic carbocycles. The Hall–Kier alpha value is -0.930. The van der Waals surface area contributed by atoms with Crippen molar-refractivity contribution in [3.63, 3.8) is 0 Å². The van der Waals surface area contributed by atoms with Gasteiger partial charge in [0.05, 0.1) is 4.99 Å². The van der Waals surface area contributed by atoms with Crippen LogP contribution in [0.15, 0.2) is 24.3 Å². The molecule has 3 heteroatoms. The Labute approximate surface area is 115 Å². The predicted octanol–water partition coefficient (Wildman–Crippen LogP) is 2.89. The lowest BCUT2D eigenvalue weighted by atomic mass is 10.0. The first-order valence-corrected chi connectivity index (χ1v) is 7.16. The Kier molecular flexibility index (Phi) is 4.72. The van der Waals surface area contributed by atoms with Crippen LogP contribution >= 0.6 is 12.2 Å². The van der Waals surface area contributed by atoms with Crippen molar-refractivity contribution in [1.82, 2.24) is 4.90 Å². The Morgan fingerprint density at radius 3 is 2.89 bits per heavy atom. The van der Waals surface area contributed by atoms with E-state index in [-0.39, 0.29) is 0 Å². The average molecular weight is 262 g/mol. The molecule has 1 aromatic carbocycles. The molecule has 0 bridgehead atoms. The molecule has 1 heterocycles. The summed E-state index contributed by atoms with van der Waals surface area (Å²) in [5.74, 6) is 0. The maximum atomic E-state index is 5.60. The first-order chi connectivity index (χ1) is 8.65. The zero-order valence-corrected chi connectivity index (χ0v) is 11.9. The van der Waals surface area contributed by atoms with Crippen molar-refractivity contribution in [2.75, 3.05) is 6.54 Å². The van der Waals surface area contributed by atoms with Gasteiger partial charge in [-0.05, 0) is 37.4 Å². The van der Waals surface area contributed by atoms with Crippen LogP contribution in [0.3, 0.4) is 0 Å². The highest BCUT2D eigenvalue weighted by Crippen LogP contribution is 2.19. The van der Waals surface area contributed by atoms with Gasteiger partial charge in [-0.3, -0.25) is 4.90 Å². The van der Waals surface area contributed by atoms with Gasteiger partial charge in [-0.2, -0.15) is 0 Å². The maximum absolute atomic E-state index is 5.60. The van der Waals surface area contributed by atoms with Gasteiger partial charge in [0.2, 0.25) is 0 Å². The summed E-state index contributed by atoms with van der Waals surface area (Å²) in [6.07, 6.45) is 4.74. The molecule has 1 aromatic rings. The van der Waals surface area contributed by atoms with Gasteiger partial charge in [0, 0.05) is 19.0 Å². The van der Waals surface area contributed by atoms with E-state index in [4.69, 9.17) is 18.0 Å². The van der Waals surface area contributed by atoms with Crippen LogP contribution in [0.2, 0.25) is 0 Å². The number of nitrogens with two attached hydrogens (primary N) is 1. The fraction of sp³-hybridized carbons (Fsp3) is 0.533. The Bertz CT molecular complexity index is 417. The number of hydrogen-bond acceptors (Lipinski definition) is 2. The second kappa shape index (κ2) is 6.30. The SMILES string of the molecule is CC1CCCCN1Cc1cccc(CC(N)=S)c1. The molecule has 1 atom stereocenters. The zero-order chi connectivity index (χ0) is 13.0. The van der Waals surface area contributed by atoms with Gasteiger partial charge in [-0.25, -0.2) is 0 Å². The molecule has 2 N–H and O–H groups in total. The van der Waals surface area contributed by atoms with E-state index in [1.54, 1.807) is 0 Å². The van der Waals surface area contributed by atoms with E-state index < -0.39 is 0 Å². The fourth-order valence-corrected chi connectivity index (χ4v) is 2.83. The molecule has 2 nitrogen and oxygen atoms in total. The Balaban J connectivity index is 2.02. The molecule has 0 radical (unpaired) electrons. The first kappa shape index (κ1) is 13.5. The van der Waals surface area contributed by atoms with Gasteiger partial charge >= 0.3 is 0 Å². The highest BCUT2D eigenvalue weighted by Gasteiger charge is 2.17. The summed E-state index contributed by atoms with van der Waals surface area (Å²) >= 11 is 4.97. The minimum atomic E-state index is 0.568. The van der Waals surface area contributed by atoms with E-state index in [1.807, 2.05) is 0 Å². The lowest BCUT2D eigenvalue weighted by molar-refractivity contribution is 0.152. The van der Waals surface area contributed by atoms with Crippen LogP contribution in [-0.2, 0) is 13.0 Å². The zero-order valence-electron chi connectivity index (χ0n) is 11.1. The number of piperidine rings is 1. The van der Waals surface area contributed by atoms with Crippen LogP contribution < -0.4 is 5.73 Å². The van der Waals surface area contributed by atoms with E-state index in [1.165, 1.54) is 36.9 Å². The van der Waals surface area contributed by atoms with E-state index in [2.05, 4.69) is 36.1 Å². The third-order valence-corrected chi connectivity index (χ3v) is 3.84. The summed E-state index contributed by atoms with van der Waals surface area (Å²) in [5, 5.41) is 0. The van der Waals surface area contributed by atoms with Gasteiger partial charge in [0.15, 0.2) is 0 Å². The van der Waals surface area contributed by atoms with Crippen LogP contribution in [-0.4, -0.2) is 22.5 Å². The van der Waals surface area contributed by atoms with Crippen molar-refractivity contribution in [3.8, 4) is 0 Å². The molecule has 1 saturated heterocycles. The van der Waals surface area contributed by atoms with Crippen molar-refractivity contribution in [3.05, 3.63) is 35.4 Å². The summed E-state index contributed by atoms with van der Waals surface area (Å²) in [5.41, 5.74) is 8.20. The highest BCUT2D eigenvalue weighted by atomic mass is 32.1. The van der Waals surface area contributed by atoms with Gasteiger partial charge in [-0.1, -0.05) is 42.9 Å². The summed E-state index contributed by atoms with van der Waals surface area (Å²) in [7, 11) is 0. The third-order valence-electron chi connectivity index (χ3n) is 3.70. The normalized spacial score (nSPS) is 20.8. The largest absolute Gasteiger partial charge is 0.393 e. The summed E-state index contributed by atoms with van der Waals surface area (Å²) < 4.78 is 0. The van der Waals surface area contributed by atoms with E-state index in [9.17, 15) is 0 Å². The van der Waals surface area contributed by atoms with Gasteiger partial charge < -0.3 is 5.73 Å². The van der Waals surface area contributed by atoms with Crippen LogP contribution in [0.25, 0.3) is 0 Å². The molecule has 1 fully saturated rings. The summed E-state index contributed by atoms with van der Waals surface area (Å²) in [6, 6.07) is 9.35. The molecular formula is C15H22N2S. The lowest BCUT2D eigenvalue weighted by Gasteiger charge is -2.33. The second-order valence-electron chi connectivity index (χ2n) is 5.28. The van der Waals surface area contributed by atoms with E-state index >= 15 is 0 Å². The monoisotopic (exact) mass is 262 g/mol. The topological polar surface area (TPSA) is 29.3 Å². The Morgan fingerprint density at radius 1 is 1.39 bits per heavy atom. The quantitative estimate of drug-likeness (QED) is 0.846. The van der Waals surface area contributed by atoms with E-state index in [0.29, 0.717) is 17.5 Å².